The quantitative estimate of drug-likeness (QED) is 0.555. The highest BCUT2D eigenvalue weighted by Gasteiger charge is 2.09. The molecule has 5 nitrogen and oxygen atoms in total. The zero-order chi connectivity index (χ0) is 10.3. The first-order chi connectivity index (χ1) is 7.36. The molecule has 0 amide bonds. The molecule has 0 saturated heterocycles. The Hall–Kier alpha value is -2.30. The van der Waals surface area contributed by atoms with Gasteiger partial charge in [0.2, 0.25) is 0 Å². The van der Waals surface area contributed by atoms with Crippen molar-refractivity contribution < 1.29 is 0 Å². The molecule has 0 fully saturated rings. The average molecular weight is 199 g/mol. The predicted octanol–water partition coefficient (Wildman–Crippen LogP) is 1.54. The van der Waals surface area contributed by atoms with E-state index in [4.69, 9.17) is 5.73 Å². The number of fused-ring (bicyclic) bond motifs is 1. The summed E-state index contributed by atoms with van der Waals surface area (Å²) in [5, 5.41) is 6.62. The Morgan fingerprint density at radius 1 is 1.20 bits per heavy atom. The maximum atomic E-state index is 5.78. The Labute approximate surface area is 85.3 Å². The first-order valence-electron chi connectivity index (χ1n) is 4.57. The number of aromatic amines is 2. The molecule has 3 rings (SSSR count). The van der Waals surface area contributed by atoms with Gasteiger partial charge in [-0.25, -0.2) is 4.98 Å². The normalized spacial score (nSPS) is 10.9. The van der Waals surface area contributed by atoms with E-state index in [0.29, 0.717) is 5.82 Å². The predicted molar refractivity (Wildman–Crippen MR) is 58.1 cm³/mol. The average Bonchev–Trinajstić information content (AvgIpc) is 2.85. The summed E-state index contributed by atoms with van der Waals surface area (Å²) in [4.78, 5) is 7.32. The zero-order valence-electron chi connectivity index (χ0n) is 7.86. The van der Waals surface area contributed by atoms with E-state index in [0.717, 1.165) is 22.2 Å². The number of H-pyrrole nitrogens is 2. The van der Waals surface area contributed by atoms with Crippen molar-refractivity contribution >= 4 is 16.9 Å². The molecular weight excluding hydrogens is 190 g/mol. The number of imidazole rings is 1. The number of hydrogen-bond donors (Lipinski definition) is 3. The molecule has 0 atom stereocenters. The largest absolute Gasteiger partial charge is 0.384 e. The molecule has 74 valence electrons. The van der Waals surface area contributed by atoms with E-state index in [9.17, 15) is 0 Å². The lowest BCUT2D eigenvalue weighted by Gasteiger charge is -1.99. The van der Waals surface area contributed by atoms with Crippen LogP contribution in [0.3, 0.4) is 0 Å². The molecule has 0 bridgehead atoms. The number of rotatable bonds is 1. The van der Waals surface area contributed by atoms with Gasteiger partial charge < -0.3 is 10.7 Å². The van der Waals surface area contributed by atoms with Crippen LogP contribution in [0.4, 0.5) is 5.82 Å². The smallest absolute Gasteiger partial charge is 0.126 e. The van der Waals surface area contributed by atoms with Crippen molar-refractivity contribution in [2.75, 3.05) is 5.73 Å². The Kier molecular flexibility index (Phi) is 1.53. The van der Waals surface area contributed by atoms with Crippen molar-refractivity contribution in [3.63, 3.8) is 0 Å². The van der Waals surface area contributed by atoms with E-state index in [2.05, 4.69) is 20.2 Å². The fourth-order valence-electron chi connectivity index (χ4n) is 1.69. The topological polar surface area (TPSA) is 83.4 Å². The maximum absolute atomic E-state index is 5.78. The number of aromatic nitrogens is 4. The van der Waals surface area contributed by atoms with Crippen LogP contribution in [0.25, 0.3) is 22.2 Å². The van der Waals surface area contributed by atoms with E-state index >= 15 is 0 Å². The molecule has 3 aromatic rings. The third-order valence-electron chi connectivity index (χ3n) is 2.41. The summed E-state index contributed by atoms with van der Waals surface area (Å²) in [5.74, 6) is 0.561. The molecular formula is C10H9N5. The highest BCUT2D eigenvalue weighted by Crippen LogP contribution is 2.28. The van der Waals surface area contributed by atoms with E-state index < -0.39 is 0 Å². The molecule has 1 aromatic carbocycles. The molecule has 0 radical (unpaired) electrons. The number of nitrogens with two attached hydrogens (primary N) is 1. The van der Waals surface area contributed by atoms with Gasteiger partial charge in [-0.05, 0) is 6.07 Å². The highest BCUT2D eigenvalue weighted by atomic mass is 15.1. The number of para-hydroxylation sites is 1. The summed E-state index contributed by atoms with van der Waals surface area (Å²) >= 11 is 0. The Balaban J connectivity index is 2.36. The Morgan fingerprint density at radius 2 is 2.13 bits per heavy atom. The number of anilines is 1. The van der Waals surface area contributed by atoms with Crippen molar-refractivity contribution in [2.24, 2.45) is 0 Å². The summed E-state index contributed by atoms with van der Waals surface area (Å²) in [5.41, 5.74) is 9.55. The van der Waals surface area contributed by atoms with Crippen molar-refractivity contribution in [2.45, 2.75) is 0 Å². The van der Waals surface area contributed by atoms with E-state index in [1.165, 1.54) is 0 Å². The lowest BCUT2D eigenvalue weighted by atomic mass is 10.1. The molecule has 15 heavy (non-hydrogen) atoms. The molecule has 0 aliphatic carbocycles. The van der Waals surface area contributed by atoms with Crippen LogP contribution in [-0.2, 0) is 0 Å². The minimum Gasteiger partial charge on any atom is -0.384 e. The van der Waals surface area contributed by atoms with Gasteiger partial charge in [0, 0.05) is 11.1 Å². The van der Waals surface area contributed by atoms with Gasteiger partial charge in [0.25, 0.3) is 0 Å². The van der Waals surface area contributed by atoms with E-state index in [1.807, 2.05) is 18.2 Å². The molecule has 0 aliphatic heterocycles. The van der Waals surface area contributed by atoms with Crippen LogP contribution in [0.1, 0.15) is 0 Å². The molecule has 2 aromatic heterocycles. The van der Waals surface area contributed by atoms with Gasteiger partial charge in [-0.1, -0.05) is 12.1 Å². The van der Waals surface area contributed by atoms with Crippen LogP contribution in [0.15, 0.2) is 30.7 Å². The molecule has 2 heterocycles. The molecule has 0 saturated carbocycles. The Bertz CT molecular complexity index is 607. The summed E-state index contributed by atoms with van der Waals surface area (Å²) in [6.07, 6.45) is 3.38. The zero-order valence-corrected chi connectivity index (χ0v) is 7.86. The van der Waals surface area contributed by atoms with Crippen LogP contribution in [0.5, 0.6) is 0 Å². The van der Waals surface area contributed by atoms with Gasteiger partial charge in [0.15, 0.2) is 0 Å². The van der Waals surface area contributed by atoms with Crippen molar-refractivity contribution in [3.8, 4) is 11.1 Å². The Morgan fingerprint density at radius 3 is 2.93 bits per heavy atom. The van der Waals surface area contributed by atoms with Crippen LogP contribution in [0, 0.1) is 0 Å². The minimum atomic E-state index is 0.561. The molecule has 0 unspecified atom stereocenters. The van der Waals surface area contributed by atoms with Crippen LogP contribution >= 0.6 is 0 Å². The second-order valence-corrected chi connectivity index (χ2v) is 3.30. The van der Waals surface area contributed by atoms with Gasteiger partial charge in [-0.15, -0.1) is 0 Å². The summed E-state index contributed by atoms with van der Waals surface area (Å²) in [7, 11) is 0. The number of nitrogens with one attached hydrogen (secondary N) is 2. The minimum absolute atomic E-state index is 0.561. The van der Waals surface area contributed by atoms with Gasteiger partial charge in [0.1, 0.15) is 5.82 Å². The summed E-state index contributed by atoms with van der Waals surface area (Å²) in [6, 6.07) is 5.91. The molecule has 4 N–H and O–H groups in total. The maximum Gasteiger partial charge on any atom is 0.126 e. The fraction of sp³-hybridized carbons (Fsp3) is 0. The highest BCUT2D eigenvalue weighted by molar-refractivity contribution is 5.94. The van der Waals surface area contributed by atoms with Gasteiger partial charge in [-0.3, -0.25) is 5.10 Å². The summed E-state index contributed by atoms with van der Waals surface area (Å²) < 4.78 is 0. The molecule has 0 spiro atoms. The number of benzene rings is 1. The first kappa shape index (κ1) is 8.05. The van der Waals surface area contributed by atoms with Gasteiger partial charge >= 0.3 is 0 Å². The third kappa shape index (κ3) is 1.10. The molecule has 0 aliphatic rings. The van der Waals surface area contributed by atoms with E-state index in [1.54, 1.807) is 12.5 Å². The van der Waals surface area contributed by atoms with Crippen LogP contribution in [-0.4, -0.2) is 20.2 Å². The first-order valence-corrected chi connectivity index (χ1v) is 4.57. The lowest BCUT2D eigenvalue weighted by Crippen LogP contribution is -1.88. The van der Waals surface area contributed by atoms with Crippen molar-refractivity contribution in [1.82, 2.24) is 20.2 Å². The van der Waals surface area contributed by atoms with E-state index in [-0.39, 0.29) is 0 Å². The van der Waals surface area contributed by atoms with Crippen LogP contribution < -0.4 is 5.73 Å². The second-order valence-electron chi connectivity index (χ2n) is 3.30. The van der Waals surface area contributed by atoms with Crippen molar-refractivity contribution in [1.29, 1.82) is 0 Å². The second kappa shape index (κ2) is 2.84. The number of nitrogens with zero attached hydrogens (tertiary/aromatic N) is 2. The number of nitrogen functional groups attached to an aromatic ring is 1. The van der Waals surface area contributed by atoms with Gasteiger partial charge in [-0.2, -0.15) is 5.10 Å². The number of hydrogen-bond acceptors (Lipinski definition) is 3. The molecule has 5 heteroatoms. The standard InChI is InChI=1S/C10H9N5/c11-10-7(4-14-15-10)6-2-1-3-8-9(6)13-5-12-8/h1-5H,(H,12,13)(H3,11,14,15). The van der Waals surface area contributed by atoms with Crippen molar-refractivity contribution in [3.05, 3.63) is 30.7 Å². The summed E-state index contributed by atoms with van der Waals surface area (Å²) in [6.45, 7) is 0. The van der Waals surface area contributed by atoms with Crippen LogP contribution in [0.2, 0.25) is 0 Å². The fourth-order valence-corrected chi connectivity index (χ4v) is 1.69. The lowest BCUT2D eigenvalue weighted by molar-refractivity contribution is 1.10. The monoisotopic (exact) mass is 199 g/mol. The van der Waals surface area contributed by atoms with Gasteiger partial charge in [0.05, 0.1) is 23.6 Å². The third-order valence-corrected chi connectivity index (χ3v) is 2.41. The SMILES string of the molecule is Nc1[nH]ncc1-c1cccc2[nH]cnc12.